The SMILES string of the molecule is COC(=O)c1ccc(CNCCc2cccc(OC)c2)o1. The van der Waals surface area contributed by atoms with Gasteiger partial charge < -0.3 is 19.2 Å². The highest BCUT2D eigenvalue weighted by atomic mass is 16.5. The van der Waals surface area contributed by atoms with Crippen molar-refractivity contribution >= 4 is 5.97 Å². The van der Waals surface area contributed by atoms with Crippen LogP contribution in [-0.4, -0.2) is 26.7 Å². The van der Waals surface area contributed by atoms with Crippen LogP contribution < -0.4 is 10.1 Å². The van der Waals surface area contributed by atoms with Gasteiger partial charge in [0.25, 0.3) is 0 Å². The smallest absolute Gasteiger partial charge is 0.373 e. The number of hydrogen-bond donors (Lipinski definition) is 1. The van der Waals surface area contributed by atoms with Gasteiger partial charge >= 0.3 is 5.97 Å². The molecule has 0 bridgehead atoms. The second kappa shape index (κ2) is 7.50. The molecule has 0 aliphatic carbocycles. The minimum atomic E-state index is -0.461. The predicted molar refractivity (Wildman–Crippen MR) is 78.5 cm³/mol. The van der Waals surface area contributed by atoms with Crippen LogP contribution in [-0.2, 0) is 17.7 Å². The predicted octanol–water partition coefficient (Wildman–Crippen LogP) is 2.41. The lowest BCUT2D eigenvalue weighted by atomic mass is 10.1. The highest BCUT2D eigenvalue weighted by Crippen LogP contribution is 2.13. The van der Waals surface area contributed by atoms with Gasteiger partial charge in [0.15, 0.2) is 0 Å². The first-order valence-electron chi connectivity index (χ1n) is 6.73. The van der Waals surface area contributed by atoms with Gasteiger partial charge in [-0.05, 0) is 42.8 Å². The van der Waals surface area contributed by atoms with Crippen LogP contribution in [0.2, 0.25) is 0 Å². The van der Waals surface area contributed by atoms with Crippen LogP contribution in [0.15, 0.2) is 40.8 Å². The highest BCUT2D eigenvalue weighted by molar-refractivity contribution is 5.86. The van der Waals surface area contributed by atoms with Gasteiger partial charge in [-0.15, -0.1) is 0 Å². The highest BCUT2D eigenvalue weighted by Gasteiger charge is 2.10. The molecule has 0 radical (unpaired) electrons. The Bertz CT molecular complexity index is 591. The molecule has 0 atom stereocenters. The third-order valence-corrected chi connectivity index (χ3v) is 3.07. The minimum Gasteiger partial charge on any atom is -0.497 e. The van der Waals surface area contributed by atoms with Gasteiger partial charge in [-0.25, -0.2) is 4.79 Å². The second-order valence-electron chi connectivity index (χ2n) is 4.54. The molecule has 5 nitrogen and oxygen atoms in total. The zero-order chi connectivity index (χ0) is 15.1. The molecule has 1 heterocycles. The zero-order valence-electron chi connectivity index (χ0n) is 12.2. The largest absolute Gasteiger partial charge is 0.497 e. The summed E-state index contributed by atoms with van der Waals surface area (Å²) in [6.45, 7) is 1.38. The molecule has 0 unspecified atom stereocenters. The number of esters is 1. The molecular formula is C16H19NO4. The van der Waals surface area contributed by atoms with Crippen LogP contribution in [0.5, 0.6) is 5.75 Å². The summed E-state index contributed by atoms with van der Waals surface area (Å²) < 4.78 is 15.1. The van der Waals surface area contributed by atoms with E-state index in [0.717, 1.165) is 18.7 Å². The molecule has 21 heavy (non-hydrogen) atoms. The second-order valence-corrected chi connectivity index (χ2v) is 4.54. The third kappa shape index (κ3) is 4.36. The van der Waals surface area contributed by atoms with Gasteiger partial charge in [0.1, 0.15) is 11.5 Å². The normalized spacial score (nSPS) is 10.4. The number of nitrogens with one attached hydrogen (secondary N) is 1. The van der Waals surface area contributed by atoms with E-state index in [-0.39, 0.29) is 5.76 Å². The first kappa shape index (κ1) is 15.1. The van der Waals surface area contributed by atoms with Crippen molar-refractivity contribution in [3.63, 3.8) is 0 Å². The van der Waals surface area contributed by atoms with Gasteiger partial charge in [0.05, 0.1) is 20.8 Å². The van der Waals surface area contributed by atoms with Crippen molar-refractivity contribution in [1.82, 2.24) is 5.32 Å². The Morgan fingerprint density at radius 1 is 1.24 bits per heavy atom. The Morgan fingerprint density at radius 3 is 2.86 bits per heavy atom. The number of rotatable bonds is 7. The Morgan fingerprint density at radius 2 is 2.10 bits per heavy atom. The van der Waals surface area contributed by atoms with Crippen LogP contribution >= 0.6 is 0 Å². The Balaban J connectivity index is 1.76. The van der Waals surface area contributed by atoms with E-state index >= 15 is 0 Å². The van der Waals surface area contributed by atoms with Gasteiger partial charge in [-0.3, -0.25) is 0 Å². The van der Waals surface area contributed by atoms with Crippen molar-refractivity contribution in [1.29, 1.82) is 0 Å². The maximum atomic E-state index is 11.3. The van der Waals surface area contributed by atoms with E-state index in [1.54, 1.807) is 19.2 Å². The molecule has 1 N–H and O–H groups in total. The Hall–Kier alpha value is -2.27. The van der Waals surface area contributed by atoms with Crippen molar-refractivity contribution in [2.24, 2.45) is 0 Å². The lowest BCUT2D eigenvalue weighted by molar-refractivity contribution is 0.0563. The number of furan rings is 1. The summed E-state index contributed by atoms with van der Waals surface area (Å²) in [6.07, 6.45) is 0.891. The first-order chi connectivity index (χ1) is 10.2. The molecule has 2 rings (SSSR count). The van der Waals surface area contributed by atoms with E-state index in [2.05, 4.69) is 16.1 Å². The van der Waals surface area contributed by atoms with Gasteiger partial charge in [0.2, 0.25) is 5.76 Å². The van der Waals surface area contributed by atoms with Crippen LogP contribution in [0.4, 0.5) is 0 Å². The van der Waals surface area contributed by atoms with Crippen molar-refractivity contribution in [3.8, 4) is 5.75 Å². The lowest BCUT2D eigenvalue weighted by Crippen LogP contribution is -2.16. The van der Waals surface area contributed by atoms with Crippen LogP contribution in [0.1, 0.15) is 21.9 Å². The summed E-state index contributed by atoms with van der Waals surface area (Å²) >= 11 is 0. The average molecular weight is 289 g/mol. The van der Waals surface area contributed by atoms with Gasteiger partial charge in [-0.2, -0.15) is 0 Å². The molecule has 0 aliphatic heterocycles. The molecular weight excluding hydrogens is 270 g/mol. The van der Waals surface area contributed by atoms with E-state index in [0.29, 0.717) is 12.3 Å². The number of carbonyl (C=O) groups excluding carboxylic acids is 1. The van der Waals surface area contributed by atoms with E-state index in [1.165, 1.54) is 12.7 Å². The summed E-state index contributed by atoms with van der Waals surface area (Å²) in [6, 6.07) is 11.4. The summed E-state index contributed by atoms with van der Waals surface area (Å²) in [4.78, 5) is 11.3. The maximum absolute atomic E-state index is 11.3. The quantitative estimate of drug-likeness (QED) is 0.626. The van der Waals surface area contributed by atoms with Crippen LogP contribution in [0.3, 0.4) is 0 Å². The monoisotopic (exact) mass is 289 g/mol. The summed E-state index contributed by atoms with van der Waals surface area (Å²) in [7, 11) is 2.99. The molecule has 0 spiro atoms. The molecule has 0 aliphatic rings. The van der Waals surface area contributed by atoms with Crippen LogP contribution in [0, 0.1) is 0 Å². The fourth-order valence-corrected chi connectivity index (χ4v) is 1.96. The maximum Gasteiger partial charge on any atom is 0.373 e. The molecule has 0 amide bonds. The third-order valence-electron chi connectivity index (χ3n) is 3.07. The summed E-state index contributed by atoms with van der Waals surface area (Å²) in [5, 5.41) is 3.27. The molecule has 1 aromatic heterocycles. The number of ether oxygens (including phenoxy) is 2. The number of carbonyl (C=O) groups is 1. The van der Waals surface area contributed by atoms with E-state index in [1.807, 2.05) is 18.2 Å². The zero-order valence-corrected chi connectivity index (χ0v) is 12.2. The topological polar surface area (TPSA) is 60.7 Å². The number of benzene rings is 1. The van der Waals surface area contributed by atoms with Crippen molar-refractivity contribution in [2.75, 3.05) is 20.8 Å². The standard InChI is InChI=1S/C16H19NO4/c1-19-13-5-3-4-12(10-13)8-9-17-11-14-6-7-15(21-14)16(18)20-2/h3-7,10,17H,8-9,11H2,1-2H3. The van der Waals surface area contributed by atoms with Gasteiger partial charge in [-0.1, -0.05) is 12.1 Å². The molecule has 112 valence electrons. The average Bonchev–Trinajstić information content (AvgIpc) is 3.00. The molecule has 0 saturated heterocycles. The van der Waals surface area contributed by atoms with Gasteiger partial charge in [0, 0.05) is 0 Å². The van der Waals surface area contributed by atoms with Crippen molar-refractivity contribution in [2.45, 2.75) is 13.0 Å². The molecule has 5 heteroatoms. The molecule has 0 fully saturated rings. The lowest BCUT2D eigenvalue weighted by Gasteiger charge is -2.05. The van der Waals surface area contributed by atoms with E-state index < -0.39 is 5.97 Å². The minimum absolute atomic E-state index is 0.224. The summed E-state index contributed by atoms with van der Waals surface area (Å²) in [5.74, 6) is 1.34. The Kier molecular flexibility index (Phi) is 5.40. The van der Waals surface area contributed by atoms with Crippen molar-refractivity contribution < 1.29 is 18.7 Å². The summed E-state index contributed by atoms with van der Waals surface area (Å²) in [5.41, 5.74) is 1.21. The van der Waals surface area contributed by atoms with Crippen LogP contribution in [0.25, 0.3) is 0 Å². The number of methoxy groups -OCH3 is 2. The fraction of sp³-hybridized carbons (Fsp3) is 0.312. The number of hydrogen-bond acceptors (Lipinski definition) is 5. The molecule has 1 aromatic carbocycles. The molecule has 0 saturated carbocycles. The Labute approximate surface area is 123 Å². The first-order valence-corrected chi connectivity index (χ1v) is 6.73. The van der Waals surface area contributed by atoms with E-state index in [9.17, 15) is 4.79 Å². The molecule has 2 aromatic rings. The van der Waals surface area contributed by atoms with Crippen molar-refractivity contribution in [3.05, 3.63) is 53.5 Å². The van der Waals surface area contributed by atoms with E-state index in [4.69, 9.17) is 9.15 Å². The fourth-order valence-electron chi connectivity index (χ4n) is 1.96.